The second-order valence-electron chi connectivity index (χ2n) is 10.4. The molecule has 228 valence electrons. The Hall–Kier alpha value is -5.11. The Labute approximate surface area is 258 Å². The molecule has 0 aliphatic rings. The van der Waals surface area contributed by atoms with E-state index in [0.29, 0.717) is 24.7 Å². The molecular formula is C36H38N2O6. The molecule has 8 heteroatoms. The Morgan fingerprint density at radius 2 is 1.16 bits per heavy atom. The normalized spacial score (nSPS) is 12.0. The Kier molecular flexibility index (Phi) is 11.9. The number of benzene rings is 4. The Morgan fingerprint density at radius 1 is 0.636 bits per heavy atom. The van der Waals surface area contributed by atoms with E-state index in [2.05, 4.69) is 10.6 Å². The number of hydrogen-bond acceptors (Lipinski definition) is 6. The van der Waals surface area contributed by atoms with Crippen LogP contribution >= 0.6 is 0 Å². The fraction of sp³-hybridized carbons (Fsp3) is 0.250. The summed E-state index contributed by atoms with van der Waals surface area (Å²) in [7, 11) is 1.27. The minimum Gasteiger partial charge on any atom is -0.485 e. The summed E-state index contributed by atoms with van der Waals surface area (Å²) < 4.78 is 17.2. The lowest BCUT2D eigenvalue weighted by atomic mass is 10.0. The average molecular weight is 595 g/mol. The molecule has 4 rings (SSSR count). The van der Waals surface area contributed by atoms with Gasteiger partial charge in [-0.15, -0.1) is 0 Å². The largest absolute Gasteiger partial charge is 0.485 e. The minimum absolute atomic E-state index is 0.0121. The van der Waals surface area contributed by atoms with E-state index in [-0.39, 0.29) is 31.2 Å². The van der Waals surface area contributed by atoms with Crippen LogP contribution < -0.4 is 20.1 Å². The van der Waals surface area contributed by atoms with Crippen LogP contribution in [-0.4, -0.2) is 30.9 Å². The molecule has 0 radical (unpaired) electrons. The van der Waals surface area contributed by atoms with Crippen molar-refractivity contribution in [3.8, 4) is 11.5 Å². The molecule has 0 fully saturated rings. The van der Waals surface area contributed by atoms with E-state index in [1.807, 2.05) is 110 Å². The number of rotatable bonds is 15. The molecule has 0 unspecified atom stereocenters. The van der Waals surface area contributed by atoms with Crippen molar-refractivity contribution in [1.29, 1.82) is 0 Å². The number of ether oxygens (including phenoxy) is 3. The molecule has 0 saturated carbocycles. The molecule has 0 aromatic heterocycles. The second-order valence-corrected chi connectivity index (χ2v) is 10.4. The number of hydrogen-bond donors (Lipinski definition) is 2. The van der Waals surface area contributed by atoms with Crippen LogP contribution in [-0.2, 0) is 38.8 Å². The predicted molar refractivity (Wildman–Crippen MR) is 168 cm³/mol. The number of carbonyl (C=O) groups excluding carboxylic acids is 3. The number of nitrogens with one attached hydrogen (secondary N) is 2. The van der Waals surface area contributed by atoms with E-state index < -0.39 is 17.9 Å². The Balaban J connectivity index is 1.39. The second kappa shape index (κ2) is 16.5. The van der Waals surface area contributed by atoms with Gasteiger partial charge in [0.25, 0.3) is 0 Å². The molecule has 4 aromatic rings. The maximum absolute atomic E-state index is 12.8. The predicted octanol–water partition coefficient (Wildman–Crippen LogP) is 5.70. The summed E-state index contributed by atoms with van der Waals surface area (Å²) in [6.07, 6.45) is 0.0800. The average Bonchev–Trinajstić information content (AvgIpc) is 3.06. The highest BCUT2D eigenvalue weighted by atomic mass is 16.5. The van der Waals surface area contributed by atoms with Crippen molar-refractivity contribution in [2.45, 2.75) is 51.5 Å². The van der Waals surface area contributed by atoms with Crippen LogP contribution in [0.2, 0.25) is 0 Å². The summed E-state index contributed by atoms with van der Waals surface area (Å²) in [6.45, 7) is 2.57. The zero-order valence-electron chi connectivity index (χ0n) is 25.0. The van der Waals surface area contributed by atoms with Gasteiger partial charge < -0.3 is 24.8 Å². The first-order valence-corrected chi connectivity index (χ1v) is 14.6. The van der Waals surface area contributed by atoms with Gasteiger partial charge in [0.05, 0.1) is 13.2 Å². The van der Waals surface area contributed by atoms with Crippen molar-refractivity contribution in [2.75, 3.05) is 7.11 Å². The number of methoxy groups -OCH3 is 1. The molecule has 0 saturated heterocycles. The first-order chi connectivity index (χ1) is 21.4. The molecule has 0 aliphatic carbocycles. The quantitative estimate of drug-likeness (QED) is 0.171. The van der Waals surface area contributed by atoms with Crippen LogP contribution in [0.3, 0.4) is 0 Å². The van der Waals surface area contributed by atoms with Crippen LogP contribution in [0, 0.1) is 0 Å². The summed E-state index contributed by atoms with van der Waals surface area (Å²) in [6, 6.07) is 33.5. The molecule has 4 aromatic carbocycles. The molecule has 44 heavy (non-hydrogen) atoms. The van der Waals surface area contributed by atoms with Gasteiger partial charge in [-0.1, -0.05) is 97.1 Å². The minimum atomic E-state index is -0.947. The van der Waals surface area contributed by atoms with Crippen LogP contribution in [0.5, 0.6) is 11.5 Å². The van der Waals surface area contributed by atoms with Gasteiger partial charge in [0, 0.05) is 19.3 Å². The van der Waals surface area contributed by atoms with E-state index >= 15 is 0 Å². The van der Waals surface area contributed by atoms with E-state index in [1.165, 1.54) is 7.11 Å². The van der Waals surface area contributed by atoms with Crippen molar-refractivity contribution in [3.05, 3.63) is 131 Å². The number of amides is 2. The first kappa shape index (κ1) is 31.8. The van der Waals surface area contributed by atoms with Crippen LogP contribution in [0.15, 0.2) is 109 Å². The molecule has 2 amide bonds. The lowest BCUT2D eigenvalue weighted by Gasteiger charge is -2.19. The lowest BCUT2D eigenvalue weighted by molar-refractivity contribution is -0.145. The summed E-state index contributed by atoms with van der Waals surface area (Å²) in [4.78, 5) is 37.9. The molecule has 0 heterocycles. The van der Waals surface area contributed by atoms with Gasteiger partial charge in [0.15, 0.2) is 11.5 Å². The molecular weight excluding hydrogens is 556 g/mol. The number of carbonyl (C=O) groups is 3. The van der Waals surface area contributed by atoms with Gasteiger partial charge in [0.2, 0.25) is 11.8 Å². The molecule has 8 nitrogen and oxygen atoms in total. The third-order valence-electron chi connectivity index (χ3n) is 7.00. The first-order valence-electron chi connectivity index (χ1n) is 14.6. The van der Waals surface area contributed by atoms with Crippen molar-refractivity contribution in [1.82, 2.24) is 10.6 Å². The molecule has 2 N–H and O–H groups in total. The highest BCUT2D eigenvalue weighted by Crippen LogP contribution is 2.31. The summed E-state index contributed by atoms with van der Waals surface area (Å²) >= 11 is 0. The molecule has 0 spiro atoms. The summed E-state index contributed by atoms with van der Waals surface area (Å²) in [5, 5.41) is 5.63. The van der Waals surface area contributed by atoms with E-state index in [1.54, 1.807) is 6.07 Å². The van der Waals surface area contributed by atoms with Crippen molar-refractivity contribution >= 4 is 17.8 Å². The molecule has 0 aliphatic heterocycles. The Bertz CT molecular complexity index is 1500. The monoisotopic (exact) mass is 594 g/mol. The number of esters is 1. The fourth-order valence-corrected chi connectivity index (χ4v) is 4.59. The van der Waals surface area contributed by atoms with Crippen molar-refractivity contribution < 1.29 is 28.6 Å². The summed E-state index contributed by atoms with van der Waals surface area (Å²) in [5.74, 6) is -0.190. The third kappa shape index (κ3) is 10.0. The zero-order valence-corrected chi connectivity index (χ0v) is 25.0. The van der Waals surface area contributed by atoms with Gasteiger partial charge in [-0.3, -0.25) is 9.59 Å². The smallest absolute Gasteiger partial charge is 0.328 e. The fourth-order valence-electron chi connectivity index (χ4n) is 4.59. The van der Waals surface area contributed by atoms with Crippen molar-refractivity contribution in [2.24, 2.45) is 0 Å². The van der Waals surface area contributed by atoms with Gasteiger partial charge in [-0.25, -0.2) is 4.79 Å². The molecule has 2 atom stereocenters. The summed E-state index contributed by atoms with van der Waals surface area (Å²) in [5.41, 5.74) is 3.72. The van der Waals surface area contributed by atoms with Crippen molar-refractivity contribution in [3.63, 3.8) is 0 Å². The van der Waals surface area contributed by atoms with Crippen LogP contribution in [0.1, 0.15) is 48.1 Å². The Morgan fingerprint density at radius 3 is 1.73 bits per heavy atom. The van der Waals surface area contributed by atoms with Gasteiger partial charge >= 0.3 is 5.97 Å². The zero-order chi connectivity index (χ0) is 31.1. The van der Waals surface area contributed by atoms with Gasteiger partial charge in [-0.2, -0.15) is 0 Å². The highest BCUT2D eigenvalue weighted by molar-refractivity contribution is 5.87. The van der Waals surface area contributed by atoms with Crippen LogP contribution in [0.4, 0.5) is 0 Å². The lowest BCUT2D eigenvalue weighted by Crippen LogP contribution is -2.43. The SMILES string of the molecule is COC(=O)[C@@H](Cc1ccc(OCc2ccccc2)c(OCc2ccccc2)c1)NC(=O)CCC(=O)N[C@H](C)c1ccccc1. The topological polar surface area (TPSA) is 103 Å². The third-order valence-corrected chi connectivity index (χ3v) is 7.00. The standard InChI is InChI=1S/C36H38N2O6/c1-26(30-16-10-5-11-17-30)37-34(39)20-21-35(40)38-31(36(41)42-2)22-29-18-19-32(43-24-27-12-6-3-7-13-27)33(23-29)44-25-28-14-8-4-9-15-28/h3-19,23,26,31H,20-22,24-25H2,1-2H3,(H,37,39)(H,38,40)/t26-,31-/m1/s1. The van der Waals surface area contributed by atoms with Gasteiger partial charge in [-0.05, 0) is 41.3 Å². The van der Waals surface area contributed by atoms with E-state index in [4.69, 9.17) is 14.2 Å². The maximum atomic E-state index is 12.8. The van der Waals surface area contributed by atoms with E-state index in [9.17, 15) is 14.4 Å². The van der Waals surface area contributed by atoms with E-state index in [0.717, 1.165) is 22.3 Å². The van der Waals surface area contributed by atoms with Gasteiger partial charge in [0.1, 0.15) is 19.3 Å². The van der Waals surface area contributed by atoms with Crippen LogP contribution in [0.25, 0.3) is 0 Å². The maximum Gasteiger partial charge on any atom is 0.328 e. The molecule has 0 bridgehead atoms. The highest BCUT2D eigenvalue weighted by Gasteiger charge is 2.23.